The molecule has 53 heavy (non-hydrogen) atoms. The number of hydrogen-bond donors (Lipinski definition) is 1. The SMILES string of the molecule is C#Cc1c(F)ccc2cc(O)cc(-c3nc(OC)c4c(N5CC6CCC(C5)N6C(=O)CCOC)nc(OCC5(CN6CC7CC7C6)CC5)nc4c3F)c12. The number of piperazine rings is 1. The van der Waals surface area contributed by atoms with Crippen molar-refractivity contribution in [3.05, 3.63) is 41.5 Å². The molecule has 5 fully saturated rings. The van der Waals surface area contributed by atoms with Crippen LogP contribution in [0.5, 0.6) is 17.6 Å². The fourth-order valence-electron chi connectivity index (χ4n) is 9.12. The molecule has 11 nitrogen and oxygen atoms in total. The topological polar surface area (TPSA) is 113 Å². The van der Waals surface area contributed by atoms with Gasteiger partial charge in [0.1, 0.15) is 34.0 Å². The second kappa shape index (κ2) is 13.0. The zero-order valence-corrected chi connectivity index (χ0v) is 29.9. The van der Waals surface area contributed by atoms with Gasteiger partial charge in [0.15, 0.2) is 5.82 Å². The quantitative estimate of drug-likeness (QED) is 0.209. The van der Waals surface area contributed by atoms with Gasteiger partial charge in [-0.25, -0.2) is 13.8 Å². The van der Waals surface area contributed by atoms with Gasteiger partial charge in [0, 0.05) is 68.3 Å². The Labute approximate surface area is 306 Å². The maximum Gasteiger partial charge on any atom is 0.319 e. The van der Waals surface area contributed by atoms with E-state index in [1.165, 1.54) is 37.8 Å². The molecule has 4 aromatic rings. The predicted octanol–water partition coefficient (Wildman–Crippen LogP) is 5.15. The van der Waals surface area contributed by atoms with Crippen LogP contribution >= 0.6 is 0 Å². The number of piperidine rings is 1. The number of nitrogens with zero attached hydrogens (tertiary/aromatic N) is 6. The number of rotatable bonds is 11. The number of hydrogen-bond acceptors (Lipinski definition) is 10. The van der Waals surface area contributed by atoms with Crippen LogP contribution in [-0.2, 0) is 9.53 Å². The summed E-state index contributed by atoms with van der Waals surface area (Å²) in [6, 6.07) is 5.35. The molecule has 13 heteroatoms. The number of aromatic hydroxyl groups is 1. The first-order chi connectivity index (χ1) is 25.7. The Morgan fingerprint density at radius 2 is 1.79 bits per heavy atom. The molecule has 2 saturated carbocycles. The summed E-state index contributed by atoms with van der Waals surface area (Å²) < 4.78 is 49.7. The molecule has 1 amide bonds. The lowest BCUT2D eigenvalue weighted by Gasteiger charge is -2.42. The van der Waals surface area contributed by atoms with Crippen molar-refractivity contribution in [2.75, 3.05) is 65.1 Å². The van der Waals surface area contributed by atoms with Gasteiger partial charge in [0.05, 0.1) is 32.3 Å². The van der Waals surface area contributed by atoms with E-state index >= 15 is 8.78 Å². The van der Waals surface area contributed by atoms with Crippen LogP contribution in [0.25, 0.3) is 32.9 Å². The molecule has 276 valence electrons. The minimum atomic E-state index is -0.817. The Kier molecular flexibility index (Phi) is 8.31. The average Bonchev–Trinajstić information content (AvgIpc) is 4.04. The molecular formula is C40H42F2N6O5. The summed E-state index contributed by atoms with van der Waals surface area (Å²) in [7, 11) is 3.01. The number of pyridine rings is 1. The summed E-state index contributed by atoms with van der Waals surface area (Å²) in [5.41, 5.74) is -0.290. The maximum absolute atomic E-state index is 17.3. The standard InChI is InChI=1S/C40H42F2N6O5/c1-4-28-30(41)8-5-22-14-27(49)15-29(32(22)28)35-34(42)36-33(38(43-35)52-3)37(47-18-25-6-7-26(19-47)48(25)31(50)9-12-51-2)45-39(44-36)53-21-40(10-11-40)20-46-16-23-13-24(23)17-46/h1,5,8,14-15,23-26,49H,6-7,9-13,16-21H2,2-3H3. The first-order valence-corrected chi connectivity index (χ1v) is 18.5. The molecule has 4 unspecified atom stereocenters. The van der Waals surface area contributed by atoms with E-state index in [-0.39, 0.29) is 74.2 Å². The lowest BCUT2D eigenvalue weighted by molar-refractivity contribution is -0.135. The second-order valence-electron chi connectivity index (χ2n) is 15.6. The maximum atomic E-state index is 17.3. The summed E-state index contributed by atoms with van der Waals surface area (Å²) in [5.74, 6) is 2.91. The molecule has 5 aliphatic rings. The van der Waals surface area contributed by atoms with E-state index in [0.717, 1.165) is 57.2 Å². The highest BCUT2D eigenvalue weighted by molar-refractivity contribution is 6.04. The first kappa shape index (κ1) is 34.0. The van der Waals surface area contributed by atoms with Gasteiger partial charge >= 0.3 is 6.01 Å². The lowest BCUT2D eigenvalue weighted by Crippen LogP contribution is -2.56. The molecule has 3 saturated heterocycles. The molecule has 2 aromatic heterocycles. The van der Waals surface area contributed by atoms with E-state index in [1.54, 1.807) is 7.11 Å². The number of halogens is 2. The average molecular weight is 725 g/mol. The van der Waals surface area contributed by atoms with Crippen molar-refractivity contribution in [1.29, 1.82) is 0 Å². The summed E-state index contributed by atoms with van der Waals surface area (Å²) in [6.07, 6.45) is 11.1. The number of fused-ring (bicyclic) bond motifs is 5. The van der Waals surface area contributed by atoms with Gasteiger partial charge < -0.3 is 34.0 Å². The van der Waals surface area contributed by atoms with Gasteiger partial charge in [-0.1, -0.05) is 12.0 Å². The van der Waals surface area contributed by atoms with Gasteiger partial charge in [-0.15, -0.1) is 6.42 Å². The molecule has 3 aliphatic heterocycles. The lowest BCUT2D eigenvalue weighted by atomic mass is 9.95. The Hall–Kier alpha value is -4.80. The van der Waals surface area contributed by atoms with Crippen molar-refractivity contribution in [1.82, 2.24) is 24.8 Å². The molecule has 2 bridgehead atoms. The molecule has 5 heterocycles. The minimum Gasteiger partial charge on any atom is -0.508 e. The molecule has 0 radical (unpaired) electrons. The summed E-state index contributed by atoms with van der Waals surface area (Å²) in [4.78, 5) is 34.0. The van der Waals surface area contributed by atoms with Gasteiger partial charge in [-0.2, -0.15) is 9.97 Å². The number of phenolic OH excluding ortho intramolecular Hbond substituents is 1. The van der Waals surface area contributed by atoms with Crippen LogP contribution in [0, 0.1) is 41.2 Å². The Balaban J connectivity index is 1.15. The second-order valence-corrected chi connectivity index (χ2v) is 15.6. The van der Waals surface area contributed by atoms with E-state index < -0.39 is 11.6 Å². The van der Waals surface area contributed by atoms with Gasteiger partial charge in [0.25, 0.3) is 0 Å². The van der Waals surface area contributed by atoms with Crippen molar-refractivity contribution in [3.8, 4) is 41.2 Å². The van der Waals surface area contributed by atoms with Crippen LogP contribution in [-0.4, -0.2) is 108 Å². The van der Waals surface area contributed by atoms with Gasteiger partial charge in [-0.3, -0.25) is 4.79 Å². The van der Waals surface area contributed by atoms with Crippen LogP contribution in [0.3, 0.4) is 0 Å². The normalized spacial score (nSPS) is 24.1. The van der Waals surface area contributed by atoms with Crippen LogP contribution in [0.15, 0.2) is 24.3 Å². The van der Waals surface area contributed by atoms with Gasteiger partial charge in [-0.05, 0) is 67.5 Å². The largest absolute Gasteiger partial charge is 0.508 e. The third-order valence-electron chi connectivity index (χ3n) is 12.0. The minimum absolute atomic E-state index is 0.00161. The number of methoxy groups -OCH3 is 2. The number of carbonyl (C=O) groups excluding carboxylic acids is 1. The van der Waals surface area contributed by atoms with E-state index in [4.69, 9.17) is 25.6 Å². The summed E-state index contributed by atoms with van der Waals surface area (Å²) >= 11 is 0. The van der Waals surface area contributed by atoms with Crippen molar-refractivity contribution < 1.29 is 32.9 Å². The number of aromatic nitrogens is 3. The van der Waals surface area contributed by atoms with Crippen molar-refractivity contribution in [2.24, 2.45) is 17.3 Å². The predicted molar refractivity (Wildman–Crippen MR) is 194 cm³/mol. The molecule has 4 atom stereocenters. The summed E-state index contributed by atoms with van der Waals surface area (Å²) in [5, 5.41) is 11.6. The number of carbonyl (C=O) groups is 1. The monoisotopic (exact) mass is 724 g/mol. The zero-order chi connectivity index (χ0) is 36.6. The Bertz CT molecular complexity index is 2170. The Morgan fingerprint density at radius 1 is 1.04 bits per heavy atom. The number of amides is 1. The molecule has 9 rings (SSSR count). The number of terminal acetylenes is 1. The number of likely N-dealkylation sites (tertiary alicyclic amines) is 1. The number of phenols is 1. The van der Waals surface area contributed by atoms with Crippen molar-refractivity contribution in [2.45, 2.75) is 50.6 Å². The smallest absolute Gasteiger partial charge is 0.319 e. The van der Waals surface area contributed by atoms with Crippen LogP contribution in [0.1, 0.15) is 44.1 Å². The van der Waals surface area contributed by atoms with E-state index in [1.807, 2.05) is 4.90 Å². The molecule has 2 aromatic carbocycles. The third-order valence-corrected chi connectivity index (χ3v) is 12.0. The van der Waals surface area contributed by atoms with Gasteiger partial charge in [0.2, 0.25) is 11.8 Å². The highest BCUT2D eigenvalue weighted by Gasteiger charge is 2.51. The highest BCUT2D eigenvalue weighted by atomic mass is 19.1. The Morgan fingerprint density at radius 3 is 2.47 bits per heavy atom. The number of anilines is 1. The number of benzene rings is 2. The third kappa shape index (κ3) is 5.96. The van der Waals surface area contributed by atoms with E-state index in [0.29, 0.717) is 43.9 Å². The molecular weight excluding hydrogens is 682 g/mol. The van der Waals surface area contributed by atoms with Crippen LogP contribution < -0.4 is 14.4 Å². The van der Waals surface area contributed by atoms with Crippen molar-refractivity contribution in [3.63, 3.8) is 0 Å². The van der Waals surface area contributed by atoms with Crippen LogP contribution in [0.2, 0.25) is 0 Å². The highest BCUT2D eigenvalue weighted by Crippen LogP contribution is 2.51. The van der Waals surface area contributed by atoms with E-state index in [2.05, 4.69) is 25.7 Å². The molecule has 0 spiro atoms. The fraction of sp³-hybridized carbons (Fsp3) is 0.500. The van der Waals surface area contributed by atoms with Crippen molar-refractivity contribution >= 4 is 33.4 Å². The molecule has 2 aliphatic carbocycles. The summed E-state index contributed by atoms with van der Waals surface area (Å²) in [6.45, 7) is 4.92. The number of ether oxygens (including phenoxy) is 3. The fourth-order valence-corrected chi connectivity index (χ4v) is 9.12. The zero-order valence-electron chi connectivity index (χ0n) is 29.9. The van der Waals surface area contributed by atoms with Crippen LogP contribution in [0.4, 0.5) is 14.6 Å². The first-order valence-electron chi connectivity index (χ1n) is 18.5. The van der Waals surface area contributed by atoms with E-state index in [9.17, 15) is 9.90 Å². The molecule has 1 N–H and O–H groups in total.